The third kappa shape index (κ3) is 4.78. The van der Waals surface area contributed by atoms with Crippen LogP contribution in [0.3, 0.4) is 0 Å². The number of aromatic hydroxyl groups is 1. The molecule has 0 radical (unpaired) electrons. The molecule has 2 aromatic carbocycles. The van der Waals surface area contributed by atoms with Crippen LogP contribution in [-0.2, 0) is 32.0 Å². The minimum absolute atomic E-state index is 0.00876. The number of fused-ring (bicyclic) bond motifs is 3. The number of ether oxygens (including phenoxy) is 1. The van der Waals surface area contributed by atoms with Crippen LogP contribution >= 0.6 is 0 Å². The van der Waals surface area contributed by atoms with E-state index in [9.17, 15) is 39.6 Å². The van der Waals surface area contributed by atoms with Gasteiger partial charge in [0.1, 0.15) is 28.4 Å². The average molecular weight is 631 g/mol. The number of aliphatic hydroxyl groups is 3. The highest BCUT2D eigenvalue weighted by molar-refractivity contribution is 6.25. The molecule has 0 saturated heterocycles. The number of aliphatic hydroxyl groups excluding tert-OH is 2. The van der Waals surface area contributed by atoms with Crippen LogP contribution in [0.15, 0.2) is 59.1 Å². The molecule has 244 valence electrons. The molecule has 0 heterocycles. The summed E-state index contributed by atoms with van der Waals surface area (Å²) in [5, 5.41) is 46.3. The largest absolute Gasteiger partial charge is 0.511 e. The number of ketones is 3. The Hall–Kier alpha value is -4.24. The Labute approximate surface area is 268 Å². The Bertz CT molecular complexity index is 1750. The molecule has 0 spiro atoms. The van der Waals surface area contributed by atoms with Crippen LogP contribution in [0.1, 0.15) is 83.3 Å². The lowest BCUT2D eigenvalue weighted by atomic mass is 9.44. The van der Waals surface area contributed by atoms with Gasteiger partial charge in [-0.15, -0.1) is 0 Å². The highest BCUT2D eigenvalue weighted by Crippen LogP contribution is 2.65. The van der Waals surface area contributed by atoms with E-state index in [-0.39, 0.29) is 48.0 Å². The van der Waals surface area contributed by atoms with Crippen molar-refractivity contribution in [3.8, 4) is 16.9 Å². The van der Waals surface area contributed by atoms with Gasteiger partial charge in [0.25, 0.3) is 0 Å². The molecule has 1 unspecified atom stereocenters. The first-order valence-corrected chi connectivity index (χ1v) is 15.5. The van der Waals surface area contributed by atoms with Crippen molar-refractivity contribution in [3.63, 3.8) is 0 Å². The van der Waals surface area contributed by atoms with Gasteiger partial charge in [0.2, 0.25) is 5.78 Å². The fraction of sp³-hybridized carbons (Fsp3) is 0.459. The van der Waals surface area contributed by atoms with Crippen molar-refractivity contribution in [2.75, 3.05) is 0 Å². The van der Waals surface area contributed by atoms with Crippen molar-refractivity contribution in [1.29, 1.82) is 0 Å². The van der Waals surface area contributed by atoms with E-state index in [1.54, 1.807) is 66.7 Å². The van der Waals surface area contributed by atoms with Crippen molar-refractivity contribution < 1.29 is 44.3 Å². The lowest BCUT2D eigenvalue weighted by Gasteiger charge is -2.59. The minimum Gasteiger partial charge on any atom is -0.511 e. The second-order valence-electron chi connectivity index (χ2n) is 14.9. The third-order valence-electron chi connectivity index (χ3n) is 9.92. The summed E-state index contributed by atoms with van der Waals surface area (Å²) in [7, 11) is 0. The number of phenols is 1. The predicted molar refractivity (Wildman–Crippen MR) is 170 cm³/mol. The molecule has 0 bridgehead atoms. The van der Waals surface area contributed by atoms with Crippen LogP contribution in [0.5, 0.6) is 5.75 Å². The Balaban J connectivity index is 1.65. The Kier molecular flexibility index (Phi) is 7.68. The Morgan fingerprint density at radius 3 is 2.15 bits per heavy atom. The number of Topliss-reactive ketones (excluding diaryl/α,β-unsaturated/α-hetero) is 3. The van der Waals surface area contributed by atoms with Crippen LogP contribution in [0.4, 0.5) is 0 Å². The van der Waals surface area contributed by atoms with E-state index < -0.39 is 62.4 Å². The molecule has 4 atom stereocenters. The van der Waals surface area contributed by atoms with Gasteiger partial charge in [0.05, 0.1) is 12.0 Å². The van der Waals surface area contributed by atoms with Gasteiger partial charge in [-0.2, -0.15) is 0 Å². The van der Waals surface area contributed by atoms with Gasteiger partial charge in [-0.1, -0.05) is 58.0 Å². The van der Waals surface area contributed by atoms with Gasteiger partial charge in [-0.3, -0.25) is 19.2 Å². The highest BCUT2D eigenvalue weighted by Gasteiger charge is 2.71. The summed E-state index contributed by atoms with van der Waals surface area (Å²) in [4.78, 5) is 53.1. The second kappa shape index (κ2) is 10.7. The Morgan fingerprint density at radius 2 is 1.61 bits per heavy atom. The topological polar surface area (TPSA) is 158 Å². The van der Waals surface area contributed by atoms with E-state index >= 15 is 0 Å². The number of esters is 1. The van der Waals surface area contributed by atoms with Gasteiger partial charge in [0, 0.05) is 22.3 Å². The van der Waals surface area contributed by atoms with Crippen LogP contribution in [0, 0.1) is 22.7 Å². The molecule has 0 aliphatic heterocycles. The molecule has 3 aliphatic rings. The monoisotopic (exact) mass is 630 g/mol. The lowest BCUT2D eigenvalue weighted by Crippen LogP contribution is -2.67. The number of hydrogen-bond acceptors (Lipinski definition) is 9. The smallest absolute Gasteiger partial charge is 0.310 e. The van der Waals surface area contributed by atoms with Gasteiger partial charge < -0.3 is 25.2 Å². The van der Waals surface area contributed by atoms with Crippen molar-refractivity contribution in [3.05, 3.63) is 75.8 Å². The molecule has 0 fully saturated rings. The standard InChI is InChI=1S/C37H42O9/c1-18(2)28-30(41)26(19(3)38)32(43)37(45)33(44)29-31(42)27-23(16-35(29,7)17-36(28,37)8)22(13-14-24(27)39)21-11-9-20(10-12-21)15-25(40)46-34(4,5)6/h9-14,18,28,39,41,44-45H,15-17H2,1-8H3/t28?,35-,36-,37+/m1/s1. The molecular formula is C37H42O9. The molecule has 0 aromatic heterocycles. The Morgan fingerprint density at radius 1 is 1.00 bits per heavy atom. The molecule has 4 N–H and O–H groups in total. The summed E-state index contributed by atoms with van der Waals surface area (Å²) < 4.78 is 5.43. The fourth-order valence-corrected chi connectivity index (χ4v) is 8.35. The zero-order valence-corrected chi connectivity index (χ0v) is 27.6. The van der Waals surface area contributed by atoms with Crippen LogP contribution in [0.2, 0.25) is 0 Å². The normalized spacial score (nSPS) is 27.7. The maximum Gasteiger partial charge on any atom is 0.310 e. The number of phenolic OH excluding ortho intramolecular Hbond substituents is 1. The zero-order valence-electron chi connectivity index (χ0n) is 27.6. The lowest BCUT2D eigenvalue weighted by molar-refractivity contribution is -0.171. The number of carbonyl (C=O) groups is 4. The van der Waals surface area contributed by atoms with Gasteiger partial charge in [0.15, 0.2) is 17.2 Å². The van der Waals surface area contributed by atoms with Crippen molar-refractivity contribution in [2.24, 2.45) is 22.7 Å². The van der Waals surface area contributed by atoms with Crippen LogP contribution in [0.25, 0.3) is 11.1 Å². The number of carbonyl (C=O) groups excluding carboxylic acids is 4. The maximum absolute atomic E-state index is 14.3. The van der Waals surface area contributed by atoms with Crippen molar-refractivity contribution in [1.82, 2.24) is 0 Å². The molecular weight excluding hydrogens is 588 g/mol. The van der Waals surface area contributed by atoms with E-state index in [4.69, 9.17) is 4.74 Å². The van der Waals surface area contributed by atoms with E-state index in [1.807, 2.05) is 12.1 Å². The van der Waals surface area contributed by atoms with E-state index in [0.717, 1.165) is 18.1 Å². The maximum atomic E-state index is 14.3. The summed E-state index contributed by atoms with van der Waals surface area (Å²) in [6.07, 6.45) is 0.249. The first-order chi connectivity index (χ1) is 21.2. The molecule has 3 aliphatic carbocycles. The van der Waals surface area contributed by atoms with Gasteiger partial charge in [-0.05, 0) is 74.8 Å². The van der Waals surface area contributed by atoms with Crippen LogP contribution in [-0.4, -0.2) is 54.9 Å². The van der Waals surface area contributed by atoms with Crippen molar-refractivity contribution >= 4 is 23.3 Å². The van der Waals surface area contributed by atoms with E-state index in [0.29, 0.717) is 11.1 Å². The molecule has 9 nitrogen and oxygen atoms in total. The molecule has 0 amide bonds. The molecule has 2 aromatic rings. The summed E-state index contributed by atoms with van der Waals surface area (Å²) in [5.41, 5.74) is -4.05. The van der Waals surface area contributed by atoms with Crippen molar-refractivity contribution in [2.45, 2.75) is 85.9 Å². The third-order valence-corrected chi connectivity index (χ3v) is 9.92. The highest BCUT2D eigenvalue weighted by atomic mass is 16.6. The molecule has 5 rings (SSSR count). The summed E-state index contributed by atoms with van der Waals surface area (Å²) in [6.45, 7) is 13.5. The summed E-state index contributed by atoms with van der Waals surface area (Å²) in [6, 6.07) is 10.3. The van der Waals surface area contributed by atoms with Crippen LogP contribution < -0.4 is 0 Å². The second-order valence-corrected chi connectivity index (χ2v) is 14.9. The number of rotatable bonds is 5. The molecule has 0 saturated carbocycles. The fourth-order valence-electron chi connectivity index (χ4n) is 8.35. The molecule has 46 heavy (non-hydrogen) atoms. The zero-order chi connectivity index (χ0) is 34.3. The van der Waals surface area contributed by atoms with E-state index in [1.165, 1.54) is 6.07 Å². The number of allylic oxidation sites excluding steroid dienone is 2. The van der Waals surface area contributed by atoms with Gasteiger partial charge >= 0.3 is 5.97 Å². The number of hydrogen-bond donors (Lipinski definition) is 4. The summed E-state index contributed by atoms with van der Waals surface area (Å²) >= 11 is 0. The molecule has 9 heteroatoms. The predicted octanol–water partition coefficient (Wildman–Crippen LogP) is 5.90. The SMILES string of the molecule is CC(=O)C1=C(O)C(C(C)C)[C@@]2(C)C[C@@]3(C)Cc4c(-c5ccc(CC(=O)OC(C)(C)C)cc5)ccc(O)c4C(=O)C3=C(O)[C@@]2(O)C1=O. The minimum atomic E-state index is -2.66. The van der Waals surface area contributed by atoms with E-state index in [2.05, 4.69) is 0 Å². The quantitative estimate of drug-likeness (QED) is 0.233. The number of benzene rings is 2. The first kappa shape index (κ1) is 33.1. The van der Waals surface area contributed by atoms with Gasteiger partial charge in [-0.25, -0.2) is 0 Å². The average Bonchev–Trinajstić information content (AvgIpc) is 2.90. The first-order valence-electron chi connectivity index (χ1n) is 15.5. The summed E-state index contributed by atoms with van der Waals surface area (Å²) in [5.74, 6) is -5.83.